The van der Waals surface area contributed by atoms with Crippen molar-refractivity contribution in [3.8, 4) is 6.07 Å². The van der Waals surface area contributed by atoms with E-state index in [9.17, 15) is 23.3 Å². The molecular weight excluding hydrogens is 630 g/mol. The highest BCUT2D eigenvalue weighted by atomic mass is 35.5. The van der Waals surface area contributed by atoms with Gasteiger partial charge in [-0.1, -0.05) is 35.1 Å². The Labute approximate surface area is 264 Å². The first-order valence-corrected chi connectivity index (χ1v) is 17.1. The van der Waals surface area contributed by atoms with Crippen LogP contribution in [0.25, 0.3) is 0 Å². The number of imide groups is 1. The lowest BCUT2D eigenvalue weighted by Gasteiger charge is -2.60. The zero-order valence-electron chi connectivity index (χ0n) is 24.0. The van der Waals surface area contributed by atoms with E-state index in [1.807, 2.05) is 0 Å². The molecule has 16 heteroatoms. The average Bonchev–Trinajstić information content (AvgIpc) is 3.35. The number of sulfone groups is 1. The van der Waals surface area contributed by atoms with Crippen molar-refractivity contribution in [1.82, 2.24) is 30.4 Å². The van der Waals surface area contributed by atoms with E-state index >= 15 is 0 Å². The normalized spacial score (nSPS) is 30.5. The van der Waals surface area contributed by atoms with Gasteiger partial charge in [0, 0.05) is 12.0 Å². The van der Waals surface area contributed by atoms with Gasteiger partial charge in [0.1, 0.15) is 11.1 Å². The van der Waals surface area contributed by atoms with E-state index in [1.165, 1.54) is 28.6 Å². The molecule has 2 aromatic rings. The molecule has 1 aromatic heterocycles. The molecule has 3 aliphatic heterocycles. The summed E-state index contributed by atoms with van der Waals surface area (Å²) >= 11 is 7.47. The average molecular weight is 664 g/mol. The Morgan fingerprint density at radius 2 is 1.91 bits per heavy atom. The summed E-state index contributed by atoms with van der Waals surface area (Å²) in [4.78, 5) is 39.5. The number of aromatic nitrogens is 2. The van der Waals surface area contributed by atoms with Crippen molar-refractivity contribution in [3.05, 3.63) is 40.4 Å². The Bertz CT molecular complexity index is 1560. The van der Waals surface area contributed by atoms with Gasteiger partial charge >= 0.3 is 0 Å². The van der Waals surface area contributed by atoms with Gasteiger partial charge in [-0.05, 0) is 81.3 Å². The van der Waals surface area contributed by atoms with Gasteiger partial charge < -0.3 is 21.1 Å². The van der Waals surface area contributed by atoms with E-state index in [0.29, 0.717) is 45.3 Å². The van der Waals surface area contributed by atoms with Crippen LogP contribution in [-0.2, 0) is 29.6 Å². The number of amides is 2. The van der Waals surface area contributed by atoms with Crippen molar-refractivity contribution < 1.29 is 27.9 Å². The van der Waals surface area contributed by atoms with Crippen LogP contribution in [0.4, 0.5) is 0 Å². The number of halogens is 1. The number of benzene rings is 1. The quantitative estimate of drug-likeness (QED) is 0.244. The molecule has 1 aromatic carbocycles. The minimum absolute atomic E-state index is 0.0131. The predicted molar refractivity (Wildman–Crippen MR) is 161 cm³/mol. The first-order valence-electron chi connectivity index (χ1n) is 14.4. The molecule has 1 aliphatic carbocycles. The summed E-state index contributed by atoms with van der Waals surface area (Å²) in [6.45, 7) is 3.84. The molecule has 13 nitrogen and oxygen atoms in total. The fourth-order valence-electron chi connectivity index (χ4n) is 7.07. The predicted octanol–water partition coefficient (Wildman–Crippen LogP) is 1.11. The maximum Gasteiger partial charge on any atom is 0.290 e. The fraction of sp³-hybridized carbons (Fsp3) is 0.571. The van der Waals surface area contributed by atoms with Gasteiger partial charge in [0.05, 0.1) is 38.4 Å². The molecule has 6 rings (SSSR count). The largest absolute Gasteiger partial charge is 0.483 e. The van der Waals surface area contributed by atoms with Crippen LogP contribution in [-0.4, -0.2) is 94.8 Å². The number of nitriles is 1. The Morgan fingerprint density at radius 1 is 1.20 bits per heavy atom. The summed E-state index contributed by atoms with van der Waals surface area (Å²) < 4.78 is 31.0. The Balaban J connectivity index is 0.00000123. The minimum atomic E-state index is -3.84. The Morgan fingerprint density at radius 3 is 2.45 bits per heavy atom. The highest BCUT2D eigenvalue weighted by Gasteiger charge is 2.68. The van der Waals surface area contributed by atoms with Crippen LogP contribution in [0.1, 0.15) is 43.9 Å². The molecule has 1 saturated carbocycles. The summed E-state index contributed by atoms with van der Waals surface area (Å²) in [5.41, 5.74) is -3.04. The fourth-order valence-corrected chi connectivity index (χ4v) is 10.2. The number of rotatable bonds is 7. The first kappa shape index (κ1) is 32.4. The number of nitrogens with one attached hydrogen (secondary N) is 3. The molecule has 4 N–H and O–H groups in total. The van der Waals surface area contributed by atoms with Crippen molar-refractivity contribution in [2.45, 2.75) is 71.7 Å². The van der Waals surface area contributed by atoms with E-state index in [1.54, 1.807) is 18.3 Å². The molecule has 236 valence electrons. The lowest BCUT2D eigenvalue weighted by molar-refractivity contribution is -0.160. The van der Waals surface area contributed by atoms with Crippen molar-refractivity contribution in [1.29, 1.82) is 5.26 Å². The summed E-state index contributed by atoms with van der Waals surface area (Å²) in [6, 6.07) is 7.56. The van der Waals surface area contributed by atoms with Crippen LogP contribution in [0, 0.1) is 17.2 Å². The van der Waals surface area contributed by atoms with Gasteiger partial charge in [0.2, 0.25) is 5.91 Å². The second-order valence-electron chi connectivity index (χ2n) is 11.7. The van der Waals surface area contributed by atoms with Crippen molar-refractivity contribution in [2.24, 2.45) is 5.92 Å². The number of piperidine rings is 1. The summed E-state index contributed by atoms with van der Waals surface area (Å²) in [7, 11) is -3.84. The van der Waals surface area contributed by atoms with Crippen molar-refractivity contribution >= 4 is 51.3 Å². The minimum Gasteiger partial charge on any atom is -0.483 e. The molecule has 3 saturated heterocycles. The van der Waals surface area contributed by atoms with Crippen LogP contribution >= 0.6 is 23.1 Å². The Kier molecular flexibility index (Phi) is 9.14. The first-order chi connectivity index (χ1) is 21.0. The zero-order valence-corrected chi connectivity index (χ0v) is 26.4. The second-order valence-corrected chi connectivity index (χ2v) is 15.1. The third kappa shape index (κ3) is 5.11. The third-order valence-electron chi connectivity index (χ3n) is 9.60. The molecule has 5 atom stereocenters. The van der Waals surface area contributed by atoms with Gasteiger partial charge in [-0.2, -0.15) is 5.26 Å². The molecule has 3 unspecified atom stereocenters. The summed E-state index contributed by atoms with van der Waals surface area (Å²) in [5.74, 6) is -0.966. The van der Waals surface area contributed by atoms with E-state index in [4.69, 9.17) is 21.5 Å². The molecular formula is C28H34ClN7O6S2. The van der Waals surface area contributed by atoms with Crippen LogP contribution in [0.2, 0.25) is 5.02 Å². The number of nitrogens with zero attached hydrogens (tertiary/aromatic N) is 4. The highest BCUT2D eigenvalue weighted by Crippen LogP contribution is 2.54. The van der Waals surface area contributed by atoms with Crippen LogP contribution < -0.4 is 16.0 Å². The number of carboxylic acid groups (broad SMARTS) is 1. The van der Waals surface area contributed by atoms with Crippen LogP contribution in [0.5, 0.6) is 0 Å². The molecule has 0 spiro atoms. The van der Waals surface area contributed by atoms with E-state index < -0.39 is 49.4 Å². The summed E-state index contributed by atoms with van der Waals surface area (Å²) in [6.07, 6.45) is 3.60. The van der Waals surface area contributed by atoms with Gasteiger partial charge in [-0.25, -0.2) is 8.42 Å². The van der Waals surface area contributed by atoms with Gasteiger partial charge in [0.25, 0.3) is 12.4 Å². The topological polar surface area (TPSA) is 194 Å². The van der Waals surface area contributed by atoms with E-state index in [-0.39, 0.29) is 35.3 Å². The monoisotopic (exact) mass is 663 g/mol. The van der Waals surface area contributed by atoms with Crippen LogP contribution in [0.15, 0.2) is 35.4 Å². The second kappa shape index (κ2) is 12.4. The smallest absolute Gasteiger partial charge is 0.290 e. The highest BCUT2D eigenvalue weighted by molar-refractivity contribution is 7.92. The standard InChI is InChI=1S/C27H32ClN7O4S2.CH2O2/c1-17-13-30-10-8-26(17,22-15-33-34-40-22)27(9-11-32-27)24(37)35(25(16-29)6-7-25)23(36)20-12-18(14-31-20)41(38,39)21-5-3-2-4-19(21)28;2-1-3/h2-5,15,17-18,20,30-32H,6-14H2,1H3;1H,(H,2,3)/t17?,18-,20+,26?,27?;/m1./s1. The van der Waals surface area contributed by atoms with Gasteiger partial charge in [0.15, 0.2) is 9.84 Å². The molecule has 2 amide bonds. The van der Waals surface area contributed by atoms with E-state index in [0.717, 1.165) is 4.88 Å². The number of hydrogen-bond acceptors (Lipinski definition) is 12. The van der Waals surface area contributed by atoms with Gasteiger partial charge in [-0.3, -0.25) is 19.3 Å². The number of carbonyl (C=O) groups excluding carboxylic acids is 2. The number of hydrogen-bond donors (Lipinski definition) is 4. The third-order valence-corrected chi connectivity index (χ3v) is 13.1. The molecule has 4 aliphatic rings. The van der Waals surface area contributed by atoms with Crippen molar-refractivity contribution in [3.63, 3.8) is 0 Å². The molecule has 0 bridgehead atoms. The Hall–Kier alpha value is -3.00. The van der Waals surface area contributed by atoms with E-state index in [2.05, 4.69) is 38.5 Å². The molecule has 4 fully saturated rings. The summed E-state index contributed by atoms with van der Waals surface area (Å²) in [5, 5.41) is 30.3. The maximum atomic E-state index is 14.9. The zero-order chi connectivity index (χ0) is 31.8. The number of carbonyl (C=O) groups is 3. The lowest BCUT2D eigenvalue weighted by Crippen LogP contribution is -2.79. The van der Waals surface area contributed by atoms with Gasteiger partial charge in [-0.15, -0.1) is 5.10 Å². The lowest BCUT2D eigenvalue weighted by atomic mass is 9.54. The SMILES string of the molecule is CC1CNCCC1(c1cnns1)C1(C(=O)N(C(=O)[C@@H]2C[C@@H](S(=O)(=O)c3ccccc3Cl)CN2)C2(C#N)CC2)CCN1.O=CO. The molecule has 4 heterocycles. The molecule has 0 radical (unpaired) electrons. The molecule has 44 heavy (non-hydrogen) atoms. The maximum absolute atomic E-state index is 14.9. The van der Waals surface area contributed by atoms with Crippen LogP contribution in [0.3, 0.4) is 0 Å². The van der Waals surface area contributed by atoms with Crippen molar-refractivity contribution in [2.75, 3.05) is 26.2 Å².